The van der Waals surface area contributed by atoms with Gasteiger partial charge in [-0.1, -0.05) is 78.9 Å². The van der Waals surface area contributed by atoms with Crippen molar-refractivity contribution in [3.63, 3.8) is 0 Å². The van der Waals surface area contributed by atoms with Gasteiger partial charge < -0.3 is 20.5 Å². The summed E-state index contributed by atoms with van der Waals surface area (Å²) in [6.45, 7) is 5.61. The minimum atomic E-state index is -1.70. The fraction of sp³-hybridized carbons (Fsp3) is 0.250. The first-order chi connectivity index (χ1) is 20.6. The van der Waals surface area contributed by atoms with E-state index in [2.05, 4.69) is 10.6 Å². The highest BCUT2D eigenvalue weighted by Crippen LogP contribution is 2.47. The molecule has 7 heteroatoms. The second kappa shape index (κ2) is 12.6. The van der Waals surface area contributed by atoms with Crippen molar-refractivity contribution in [1.82, 2.24) is 0 Å². The third-order valence-electron chi connectivity index (χ3n) is 8.15. The number of nitrogens with one attached hydrogen (secondary N) is 2. The number of hydrogen-bond donors (Lipinski definition) is 3. The highest BCUT2D eigenvalue weighted by molar-refractivity contribution is 6.10. The topological polar surface area (TPSA) is 105 Å². The van der Waals surface area contributed by atoms with Gasteiger partial charge in [0, 0.05) is 23.7 Å². The molecule has 0 bridgehead atoms. The molecule has 0 aromatic heterocycles. The van der Waals surface area contributed by atoms with Crippen LogP contribution in [0, 0.1) is 25.7 Å². The lowest BCUT2D eigenvalue weighted by Gasteiger charge is -2.44. The van der Waals surface area contributed by atoms with Crippen LogP contribution in [0.1, 0.15) is 41.5 Å². The van der Waals surface area contributed by atoms with Crippen LogP contribution in [-0.4, -0.2) is 28.3 Å². The third-order valence-corrected chi connectivity index (χ3v) is 8.15. The molecule has 4 aromatic rings. The van der Waals surface area contributed by atoms with E-state index in [1.54, 1.807) is 42.5 Å². The van der Waals surface area contributed by atoms with Crippen molar-refractivity contribution in [2.75, 3.05) is 10.6 Å². The van der Waals surface area contributed by atoms with Crippen LogP contribution < -0.4 is 15.4 Å². The number of anilines is 2. The van der Waals surface area contributed by atoms with Crippen molar-refractivity contribution in [2.45, 2.75) is 45.3 Å². The molecule has 4 unspecified atom stereocenters. The molecule has 0 spiro atoms. The highest BCUT2D eigenvalue weighted by atomic mass is 16.5. The first kappa shape index (κ1) is 29.7. The number of amides is 2. The van der Waals surface area contributed by atoms with Gasteiger partial charge in [-0.3, -0.25) is 14.4 Å². The van der Waals surface area contributed by atoms with Crippen LogP contribution in [0.5, 0.6) is 5.75 Å². The number of hydrogen-bond acceptors (Lipinski definition) is 5. The molecule has 1 fully saturated rings. The van der Waals surface area contributed by atoms with Gasteiger partial charge in [0.2, 0.25) is 11.8 Å². The van der Waals surface area contributed by atoms with Crippen LogP contribution in [0.15, 0.2) is 103 Å². The number of aliphatic hydroxyl groups is 1. The summed E-state index contributed by atoms with van der Waals surface area (Å²) in [4.78, 5) is 41.5. The van der Waals surface area contributed by atoms with Crippen molar-refractivity contribution in [2.24, 2.45) is 11.8 Å². The van der Waals surface area contributed by atoms with Crippen molar-refractivity contribution < 1.29 is 24.2 Å². The minimum Gasteiger partial charge on any atom is -0.489 e. The van der Waals surface area contributed by atoms with Gasteiger partial charge in [0.1, 0.15) is 24.1 Å². The van der Waals surface area contributed by atoms with Gasteiger partial charge in [-0.05, 0) is 67.3 Å². The number of benzene rings is 4. The van der Waals surface area contributed by atoms with E-state index in [0.717, 1.165) is 16.7 Å². The molecule has 0 heterocycles. The first-order valence-electron chi connectivity index (χ1n) is 14.4. The molecule has 0 aliphatic heterocycles. The zero-order valence-corrected chi connectivity index (χ0v) is 24.5. The van der Waals surface area contributed by atoms with Crippen LogP contribution in [-0.2, 0) is 21.0 Å². The Kier molecular flexibility index (Phi) is 8.73. The molecule has 220 valence electrons. The number of para-hydroxylation sites is 2. The first-order valence-corrected chi connectivity index (χ1v) is 14.4. The summed E-state index contributed by atoms with van der Waals surface area (Å²) in [5.41, 5.74) is 2.78. The Balaban J connectivity index is 1.51. The molecule has 4 aromatic carbocycles. The third kappa shape index (κ3) is 6.68. The van der Waals surface area contributed by atoms with E-state index in [0.29, 0.717) is 29.3 Å². The van der Waals surface area contributed by atoms with E-state index in [9.17, 15) is 19.5 Å². The van der Waals surface area contributed by atoms with Gasteiger partial charge >= 0.3 is 0 Å². The lowest BCUT2D eigenvalue weighted by atomic mass is 9.61. The predicted octanol–water partition coefficient (Wildman–Crippen LogP) is 6.20. The molecule has 5 rings (SSSR count). The molecule has 1 aliphatic rings. The van der Waals surface area contributed by atoms with Crippen LogP contribution in [0.3, 0.4) is 0 Å². The smallest absolute Gasteiger partial charge is 0.235 e. The fourth-order valence-electron chi connectivity index (χ4n) is 5.87. The molecule has 2 amide bonds. The average Bonchev–Trinajstić information content (AvgIpc) is 2.98. The van der Waals surface area contributed by atoms with Gasteiger partial charge in [-0.25, -0.2) is 0 Å². The Labute approximate surface area is 251 Å². The molecule has 0 radical (unpaired) electrons. The van der Waals surface area contributed by atoms with Gasteiger partial charge in [-0.2, -0.15) is 0 Å². The molecule has 43 heavy (non-hydrogen) atoms. The molecular weight excluding hydrogens is 540 g/mol. The predicted molar refractivity (Wildman–Crippen MR) is 167 cm³/mol. The summed E-state index contributed by atoms with van der Waals surface area (Å²) in [5, 5.41) is 17.5. The summed E-state index contributed by atoms with van der Waals surface area (Å²) in [5.74, 6) is -4.05. The van der Waals surface area contributed by atoms with E-state index in [-0.39, 0.29) is 6.42 Å². The standard InChI is InChI=1S/C36H36N2O5/c1-23-11-7-9-15-28(23)37-34(40)32-30(39)21-36(3,42)33(35(41)38-29-16-10-8-12-24(29)2)31(32)26-17-19-27(20-18-26)43-22-25-13-5-4-6-14-25/h4-20,31-33,42H,21-22H2,1-3H3,(H,37,40)(H,38,41). The van der Waals surface area contributed by atoms with Gasteiger partial charge in [0.15, 0.2) is 0 Å². The zero-order valence-electron chi connectivity index (χ0n) is 24.5. The van der Waals surface area contributed by atoms with Gasteiger partial charge in [0.05, 0.1) is 11.5 Å². The largest absolute Gasteiger partial charge is 0.489 e. The summed E-state index contributed by atoms with van der Waals surface area (Å²) >= 11 is 0. The second-order valence-electron chi connectivity index (χ2n) is 11.4. The Morgan fingerprint density at radius 2 is 1.33 bits per heavy atom. The van der Waals surface area contributed by atoms with Gasteiger partial charge in [0.25, 0.3) is 0 Å². The van der Waals surface area contributed by atoms with E-state index >= 15 is 0 Å². The Morgan fingerprint density at radius 1 is 0.791 bits per heavy atom. The Morgan fingerprint density at radius 3 is 1.91 bits per heavy atom. The molecular formula is C36H36N2O5. The number of aryl methyl sites for hydroxylation is 2. The Hall–Kier alpha value is -4.75. The molecule has 4 atom stereocenters. The molecule has 1 aliphatic carbocycles. The van der Waals surface area contributed by atoms with Crippen LogP contribution in [0.2, 0.25) is 0 Å². The van der Waals surface area contributed by atoms with E-state index < -0.39 is 41.0 Å². The quantitative estimate of drug-likeness (QED) is 0.217. The van der Waals surface area contributed by atoms with Crippen LogP contribution in [0.4, 0.5) is 11.4 Å². The number of carbonyl (C=O) groups excluding carboxylic acids is 3. The maximum Gasteiger partial charge on any atom is 0.235 e. The zero-order chi connectivity index (χ0) is 30.6. The monoisotopic (exact) mass is 576 g/mol. The molecule has 3 N–H and O–H groups in total. The molecule has 0 saturated heterocycles. The Bertz CT molecular complexity index is 1610. The lowest BCUT2D eigenvalue weighted by Crippen LogP contribution is -2.56. The van der Waals surface area contributed by atoms with Crippen LogP contribution >= 0.6 is 0 Å². The summed E-state index contributed by atoms with van der Waals surface area (Å²) < 4.78 is 5.95. The van der Waals surface area contributed by atoms with Crippen molar-refractivity contribution in [1.29, 1.82) is 0 Å². The average molecular weight is 577 g/mol. The maximum atomic E-state index is 14.0. The minimum absolute atomic E-state index is 0.334. The number of ether oxygens (including phenoxy) is 1. The molecule has 1 saturated carbocycles. The normalized spacial score (nSPS) is 21.6. The highest BCUT2D eigenvalue weighted by Gasteiger charge is 2.56. The number of carbonyl (C=O) groups is 3. The van der Waals surface area contributed by atoms with Crippen LogP contribution in [0.25, 0.3) is 0 Å². The van der Waals surface area contributed by atoms with Crippen molar-refractivity contribution >= 4 is 29.0 Å². The summed E-state index contributed by atoms with van der Waals surface area (Å²) in [6.07, 6.45) is -0.334. The van der Waals surface area contributed by atoms with E-state index in [1.165, 1.54) is 6.92 Å². The second-order valence-corrected chi connectivity index (χ2v) is 11.4. The van der Waals surface area contributed by atoms with Gasteiger partial charge in [-0.15, -0.1) is 0 Å². The van der Waals surface area contributed by atoms with Crippen molar-refractivity contribution in [3.05, 3.63) is 125 Å². The number of rotatable bonds is 8. The number of Topliss-reactive ketones (excluding diaryl/α,β-unsaturated/α-hetero) is 1. The van der Waals surface area contributed by atoms with Crippen molar-refractivity contribution in [3.8, 4) is 5.75 Å². The maximum absolute atomic E-state index is 14.0. The summed E-state index contributed by atoms with van der Waals surface area (Å²) in [7, 11) is 0. The fourth-order valence-corrected chi connectivity index (χ4v) is 5.87. The van der Waals surface area contributed by atoms with E-state index in [4.69, 9.17) is 4.74 Å². The summed E-state index contributed by atoms with van der Waals surface area (Å²) in [6, 6.07) is 31.5. The lowest BCUT2D eigenvalue weighted by molar-refractivity contribution is -0.150. The molecule has 7 nitrogen and oxygen atoms in total. The van der Waals surface area contributed by atoms with E-state index in [1.807, 2.05) is 74.5 Å². The SMILES string of the molecule is Cc1ccccc1NC(=O)C1C(=O)CC(C)(O)C(C(=O)Nc2ccccc2C)C1c1ccc(OCc2ccccc2)cc1. The number of ketones is 1.